The fourth-order valence-electron chi connectivity index (χ4n) is 9.19. The van der Waals surface area contributed by atoms with Gasteiger partial charge in [-0.25, -0.2) is 0 Å². The molecule has 0 spiro atoms. The molecule has 0 saturated carbocycles. The zero-order valence-corrected chi connectivity index (χ0v) is 31.4. The molecule has 270 valence electrons. The third-order valence-corrected chi connectivity index (χ3v) is 11.9. The Balaban J connectivity index is 1.12. The second kappa shape index (κ2) is 12.9. The van der Waals surface area contributed by atoms with Gasteiger partial charge >= 0.3 is 0 Å². The zero-order valence-electron chi connectivity index (χ0n) is 31.4. The van der Waals surface area contributed by atoms with E-state index >= 15 is 0 Å². The maximum Gasteiger partial charge on any atom is 0.136 e. The molecule has 0 bridgehead atoms. The highest BCUT2D eigenvalue weighted by Crippen LogP contribution is 2.47. The number of rotatable bonds is 5. The Hall–Kier alpha value is -7.68. The summed E-state index contributed by atoms with van der Waals surface area (Å²) in [7, 11) is 0. The van der Waals surface area contributed by atoms with Crippen molar-refractivity contribution < 1.29 is 8.83 Å². The molecular weight excluding hydrogens is 705 g/mol. The van der Waals surface area contributed by atoms with Crippen LogP contribution in [-0.4, -0.2) is 0 Å². The third-order valence-electron chi connectivity index (χ3n) is 11.9. The topological polar surface area (TPSA) is 26.3 Å². The summed E-state index contributed by atoms with van der Waals surface area (Å²) in [5, 5.41) is 9.18. The first-order chi connectivity index (χ1) is 28.7. The van der Waals surface area contributed by atoms with Gasteiger partial charge in [0.2, 0.25) is 0 Å². The molecule has 58 heavy (non-hydrogen) atoms. The summed E-state index contributed by atoms with van der Waals surface area (Å²) in [5.41, 5.74) is 15.3. The maximum absolute atomic E-state index is 6.60. The van der Waals surface area contributed by atoms with E-state index in [1.165, 1.54) is 66.1 Å². The summed E-state index contributed by atoms with van der Waals surface area (Å²) >= 11 is 0. The third kappa shape index (κ3) is 5.12. The van der Waals surface area contributed by atoms with Gasteiger partial charge in [0.05, 0.1) is 0 Å². The Morgan fingerprint density at radius 3 is 1.19 bits per heavy atom. The van der Waals surface area contributed by atoms with Crippen LogP contribution in [0.2, 0.25) is 0 Å². The fraction of sp³-hybridized carbons (Fsp3) is 0. The van der Waals surface area contributed by atoms with Crippen LogP contribution in [0.25, 0.3) is 121 Å². The highest BCUT2D eigenvalue weighted by Gasteiger charge is 2.21. The van der Waals surface area contributed by atoms with Gasteiger partial charge in [0, 0.05) is 21.5 Å². The molecular formula is C56H34O2. The largest absolute Gasteiger partial charge is 0.456 e. The van der Waals surface area contributed by atoms with Crippen molar-refractivity contribution in [2.75, 3.05) is 0 Å². The summed E-state index contributed by atoms with van der Waals surface area (Å²) in [5.74, 6) is 0. The number of fused-ring (bicyclic) bond motifs is 9. The average Bonchev–Trinajstić information content (AvgIpc) is 3.86. The maximum atomic E-state index is 6.60. The molecule has 2 heteroatoms. The Morgan fingerprint density at radius 1 is 0.207 bits per heavy atom. The minimum atomic E-state index is 0.851. The van der Waals surface area contributed by atoms with Crippen LogP contribution in [0.3, 0.4) is 0 Å². The molecule has 0 atom stereocenters. The van der Waals surface area contributed by atoms with Gasteiger partial charge in [-0.1, -0.05) is 158 Å². The van der Waals surface area contributed by atoms with E-state index in [0.717, 1.165) is 55.0 Å². The van der Waals surface area contributed by atoms with Crippen molar-refractivity contribution in [3.8, 4) is 55.6 Å². The van der Waals surface area contributed by atoms with Gasteiger partial charge in [-0.05, 0) is 126 Å². The Bertz CT molecular complexity index is 3540. The van der Waals surface area contributed by atoms with Gasteiger partial charge in [-0.2, -0.15) is 0 Å². The molecule has 0 fully saturated rings. The van der Waals surface area contributed by atoms with Crippen molar-refractivity contribution in [2.24, 2.45) is 0 Å². The smallest absolute Gasteiger partial charge is 0.136 e. The molecule has 2 nitrogen and oxygen atoms in total. The number of hydrogen-bond acceptors (Lipinski definition) is 2. The first-order valence-corrected chi connectivity index (χ1v) is 19.8. The van der Waals surface area contributed by atoms with E-state index in [4.69, 9.17) is 8.83 Å². The average molecular weight is 739 g/mol. The number of benzene rings is 10. The lowest BCUT2D eigenvalue weighted by Gasteiger charge is -2.19. The number of hydrogen-bond donors (Lipinski definition) is 0. The molecule has 0 aliphatic carbocycles. The van der Waals surface area contributed by atoms with Gasteiger partial charge in [0.25, 0.3) is 0 Å². The van der Waals surface area contributed by atoms with Crippen LogP contribution in [0, 0.1) is 0 Å². The summed E-state index contributed by atoms with van der Waals surface area (Å²) in [6, 6.07) is 74.0. The molecule has 0 aliphatic rings. The summed E-state index contributed by atoms with van der Waals surface area (Å²) in [6.45, 7) is 0. The normalized spacial score (nSPS) is 11.8. The predicted molar refractivity (Wildman–Crippen MR) is 243 cm³/mol. The van der Waals surface area contributed by atoms with E-state index in [0.29, 0.717) is 0 Å². The van der Waals surface area contributed by atoms with Gasteiger partial charge in [0.1, 0.15) is 22.3 Å². The Kier molecular flexibility index (Phi) is 7.26. The lowest BCUT2D eigenvalue weighted by atomic mass is 9.84. The molecule has 2 heterocycles. The van der Waals surface area contributed by atoms with E-state index in [9.17, 15) is 0 Å². The Labute approximate surface area is 334 Å². The molecule has 10 aromatic carbocycles. The van der Waals surface area contributed by atoms with Crippen molar-refractivity contribution in [2.45, 2.75) is 0 Å². The number of furan rings is 2. The zero-order chi connectivity index (χ0) is 38.2. The second-order valence-corrected chi connectivity index (χ2v) is 15.2. The van der Waals surface area contributed by atoms with Crippen LogP contribution in [0.1, 0.15) is 0 Å². The first-order valence-electron chi connectivity index (χ1n) is 19.8. The molecule has 0 radical (unpaired) electrons. The van der Waals surface area contributed by atoms with Crippen molar-refractivity contribution in [1.29, 1.82) is 0 Å². The molecule has 12 aromatic rings. The van der Waals surface area contributed by atoms with E-state index in [1.54, 1.807) is 0 Å². The van der Waals surface area contributed by atoms with Crippen LogP contribution in [0.4, 0.5) is 0 Å². The molecule has 0 unspecified atom stereocenters. The molecule has 0 aliphatic heterocycles. The molecule has 0 saturated heterocycles. The minimum absolute atomic E-state index is 0.851. The quantitative estimate of drug-likeness (QED) is 0.164. The fourth-order valence-corrected chi connectivity index (χ4v) is 9.19. The van der Waals surface area contributed by atoms with Crippen LogP contribution in [0.5, 0.6) is 0 Å². The summed E-state index contributed by atoms with van der Waals surface area (Å²) < 4.78 is 13.1. The van der Waals surface area contributed by atoms with E-state index < -0.39 is 0 Å². The van der Waals surface area contributed by atoms with Gasteiger partial charge < -0.3 is 8.83 Å². The van der Waals surface area contributed by atoms with Crippen LogP contribution in [0.15, 0.2) is 215 Å². The minimum Gasteiger partial charge on any atom is -0.456 e. The Morgan fingerprint density at radius 2 is 0.586 bits per heavy atom. The van der Waals surface area contributed by atoms with Crippen molar-refractivity contribution in [3.05, 3.63) is 206 Å². The van der Waals surface area contributed by atoms with Gasteiger partial charge in [0.15, 0.2) is 0 Å². The monoisotopic (exact) mass is 738 g/mol. The lowest BCUT2D eigenvalue weighted by molar-refractivity contribution is 0.663. The van der Waals surface area contributed by atoms with Crippen LogP contribution in [-0.2, 0) is 0 Å². The summed E-state index contributed by atoms with van der Waals surface area (Å²) in [4.78, 5) is 0. The van der Waals surface area contributed by atoms with Gasteiger partial charge in [-0.15, -0.1) is 0 Å². The predicted octanol–water partition coefficient (Wildman–Crippen LogP) is 16.1. The molecule has 0 N–H and O–H groups in total. The van der Waals surface area contributed by atoms with Crippen molar-refractivity contribution >= 4 is 65.4 Å². The van der Waals surface area contributed by atoms with Crippen LogP contribution >= 0.6 is 0 Å². The highest BCUT2D eigenvalue weighted by molar-refractivity contribution is 6.27. The SMILES string of the molecule is c1ccc(-c2cccc(-c3ccc4c(-c5ccc6oc7ccc8oc9ccc(-c%10ccccc%10)cc9c8c7c6c5)c5ccccc5c(-c5ccccc5)c4c3)c2)cc1. The summed E-state index contributed by atoms with van der Waals surface area (Å²) in [6.07, 6.45) is 0. The first kappa shape index (κ1) is 32.6. The van der Waals surface area contributed by atoms with E-state index in [-0.39, 0.29) is 0 Å². The second-order valence-electron chi connectivity index (χ2n) is 15.2. The molecule has 0 amide bonds. The highest BCUT2D eigenvalue weighted by atomic mass is 16.3. The van der Waals surface area contributed by atoms with Crippen LogP contribution < -0.4 is 0 Å². The van der Waals surface area contributed by atoms with E-state index in [2.05, 4.69) is 194 Å². The van der Waals surface area contributed by atoms with Crippen molar-refractivity contribution in [1.82, 2.24) is 0 Å². The molecule has 12 rings (SSSR count). The molecule has 2 aromatic heterocycles. The van der Waals surface area contributed by atoms with E-state index in [1.807, 2.05) is 12.1 Å². The standard InChI is InChI=1S/C56H34O2/c1-4-13-35(14-5-1)38-19-12-20-39(31-38)41-23-26-45-46(32-41)53(37-17-8-3-9-18-37)43-21-10-11-22-44(43)54(45)42-25-28-50-48(34-42)56-52(58-50)30-29-51-55(56)47-33-40(24-27-49(47)57-51)36-15-6-2-7-16-36/h1-34H. The van der Waals surface area contributed by atoms with Gasteiger partial charge in [-0.3, -0.25) is 0 Å². The van der Waals surface area contributed by atoms with Crippen molar-refractivity contribution in [3.63, 3.8) is 0 Å². The lowest BCUT2D eigenvalue weighted by Crippen LogP contribution is -1.92.